The van der Waals surface area contributed by atoms with Crippen molar-refractivity contribution in [3.05, 3.63) is 40.6 Å². The van der Waals surface area contributed by atoms with Gasteiger partial charge in [-0.25, -0.2) is 0 Å². The molecule has 0 radical (unpaired) electrons. The van der Waals surface area contributed by atoms with Crippen LogP contribution < -0.4 is 20.5 Å². The molecular formula is C26H40N4O7. The fourth-order valence-electron chi connectivity index (χ4n) is 4.24. The molecule has 0 bridgehead atoms. The van der Waals surface area contributed by atoms with E-state index < -0.39 is 31.2 Å². The van der Waals surface area contributed by atoms with E-state index in [9.17, 15) is 20.1 Å². The first-order valence-electron chi connectivity index (χ1n) is 12.8. The van der Waals surface area contributed by atoms with Crippen LogP contribution in [0.2, 0.25) is 0 Å². The molecule has 4 atom stereocenters. The predicted molar refractivity (Wildman–Crippen MR) is 136 cm³/mol. The molecule has 11 heteroatoms. The van der Waals surface area contributed by atoms with Crippen LogP contribution >= 0.6 is 0 Å². The second-order valence-electron chi connectivity index (χ2n) is 9.71. The molecule has 2 heterocycles. The number of carbonyl (C=O) groups excluding carboxylic acids is 1. The van der Waals surface area contributed by atoms with Crippen molar-refractivity contribution in [2.75, 3.05) is 26.3 Å². The number of hydrogen-bond donors (Lipinski definition) is 6. The Hall–Kier alpha value is -2.70. The van der Waals surface area contributed by atoms with Crippen LogP contribution in [0.5, 0.6) is 11.6 Å². The summed E-state index contributed by atoms with van der Waals surface area (Å²) in [6, 6.07) is 5.96. The average Bonchev–Trinajstić information content (AvgIpc) is 3.24. The minimum absolute atomic E-state index is 0.0622. The van der Waals surface area contributed by atoms with Gasteiger partial charge in [0.2, 0.25) is 18.1 Å². The topological polar surface area (TPSA) is 172 Å². The van der Waals surface area contributed by atoms with Crippen LogP contribution in [0.25, 0.3) is 0 Å². The van der Waals surface area contributed by atoms with Crippen LogP contribution in [0.1, 0.15) is 61.4 Å². The third kappa shape index (κ3) is 8.14. The fourth-order valence-corrected chi connectivity index (χ4v) is 4.24. The highest BCUT2D eigenvalue weighted by Gasteiger charge is 2.38. The molecule has 0 aliphatic carbocycles. The number of amides is 1. The zero-order valence-corrected chi connectivity index (χ0v) is 21.8. The second kappa shape index (κ2) is 13.7. The largest absolute Gasteiger partial charge is 0.494 e. The Morgan fingerprint density at radius 2 is 2.11 bits per heavy atom. The number of nitrogens with two attached hydrogens (primary N) is 1. The van der Waals surface area contributed by atoms with Crippen LogP contribution in [0.3, 0.4) is 0 Å². The van der Waals surface area contributed by atoms with Gasteiger partial charge < -0.3 is 40.6 Å². The molecule has 1 saturated heterocycles. The van der Waals surface area contributed by atoms with E-state index in [4.69, 9.17) is 19.9 Å². The molecule has 11 nitrogen and oxygen atoms in total. The summed E-state index contributed by atoms with van der Waals surface area (Å²) < 4.78 is 17.5. The summed E-state index contributed by atoms with van der Waals surface area (Å²) in [4.78, 5) is 10.8. The summed E-state index contributed by atoms with van der Waals surface area (Å²) in [6.07, 6.45) is -2.26. The molecule has 0 saturated carbocycles. The Bertz CT molecular complexity index is 1010. The van der Waals surface area contributed by atoms with Gasteiger partial charge in [0.25, 0.3) is 0 Å². The normalized spacial score (nSPS) is 21.8. The Kier molecular flexibility index (Phi) is 10.7. The van der Waals surface area contributed by atoms with E-state index in [0.29, 0.717) is 31.9 Å². The second-order valence-corrected chi connectivity index (χ2v) is 9.71. The number of aryl methyl sites for hydroxylation is 1. The van der Waals surface area contributed by atoms with Crippen molar-refractivity contribution in [1.29, 1.82) is 0 Å². The van der Waals surface area contributed by atoms with Gasteiger partial charge in [-0.05, 0) is 49.1 Å². The molecule has 1 amide bonds. The molecule has 1 aliphatic rings. The predicted octanol–water partition coefficient (Wildman–Crippen LogP) is 0.874. The first-order valence-corrected chi connectivity index (χ1v) is 12.8. The number of benzene rings is 1. The number of H-pyrrole nitrogens is 1. The van der Waals surface area contributed by atoms with Crippen molar-refractivity contribution < 1.29 is 34.3 Å². The quantitative estimate of drug-likeness (QED) is 0.198. The minimum atomic E-state index is -1.17. The number of hydrogen-bond acceptors (Lipinski definition) is 9. The number of aromatic amines is 1. The highest BCUT2D eigenvalue weighted by atomic mass is 16.7. The first kappa shape index (κ1) is 28.9. The average molecular weight is 521 g/mol. The van der Waals surface area contributed by atoms with Gasteiger partial charge in [0.15, 0.2) is 0 Å². The van der Waals surface area contributed by atoms with Crippen molar-refractivity contribution in [3.63, 3.8) is 0 Å². The van der Waals surface area contributed by atoms with Gasteiger partial charge in [-0.2, -0.15) is 0 Å². The number of ether oxygens (including phenoxy) is 3. The summed E-state index contributed by atoms with van der Waals surface area (Å²) in [5, 5.41) is 40.2. The monoisotopic (exact) mass is 520 g/mol. The molecule has 2 aromatic rings. The maximum absolute atomic E-state index is 10.8. The summed E-state index contributed by atoms with van der Waals surface area (Å²) in [5.74, 6) is 1.01. The highest BCUT2D eigenvalue weighted by Crippen LogP contribution is 2.32. The Morgan fingerprint density at radius 3 is 2.78 bits per heavy atom. The molecule has 7 N–H and O–H groups in total. The molecular weight excluding hydrogens is 480 g/mol. The lowest BCUT2D eigenvalue weighted by Crippen LogP contribution is -2.51. The summed E-state index contributed by atoms with van der Waals surface area (Å²) in [7, 11) is 0. The fraction of sp³-hybridized carbons (Fsp3) is 0.615. The van der Waals surface area contributed by atoms with Crippen LogP contribution in [-0.4, -0.2) is 82.3 Å². The van der Waals surface area contributed by atoms with Gasteiger partial charge in [0.05, 0.1) is 19.3 Å². The third-order valence-electron chi connectivity index (χ3n) is 6.39. The van der Waals surface area contributed by atoms with Crippen molar-refractivity contribution in [2.24, 2.45) is 5.73 Å². The van der Waals surface area contributed by atoms with E-state index >= 15 is 0 Å². The van der Waals surface area contributed by atoms with E-state index in [1.54, 1.807) is 0 Å². The number of aliphatic hydroxyl groups excluding tert-OH is 3. The Balaban J connectivity index is 1.63. The summed E-state index contributed by atoms with van der Waals surface area (Å²) in [5.41, 5.74) is 9.10. The van der Waals surface area contributed by atoms with Crippen molar-refractivity contribution >= 4 is 5.91 Å². The molecule has 0 unspecified atom stereocenters. The van der Waals surface area contributed by atoms with Crippen molar-refractivity contribution in [2.45, 2.75) is 77.0 Å². The lowest BCUT2D eigenvalue weighted by Gasteiger charge is -2.35. The van der Waals surface area contributed by atoms with Crippen LogP contribution in [0.15, 0.2) is 18.2 Å². The summed E-state index contributed by atoms with van der Waals surface area (Å²) in [6.45, 7) is 7.58. The maximum Gasteiger partial charge on any atom is 0.238 e. The molecule has 1 aromatic carbocycles. The van der Waals surface area contributed by atoms with Crippen LogP contribution in [-0.2, 0) is 16.0 Å². The third-order valence-corrected chi connectivity index (χ3v) is 6.39. The highest BCUT2D eigenvalue weighted by molar-refractivity contribution is 5.73. The molecule has 1 fully saturated rings. The van der Waals surface area contributed by atoms with Crippen molar-refractivity contribution in [1.82, 2.24) is 15.5 Å². The van der Waals surface area contributed by atoms with E-state index in [1.165, 1.54) is 0 Å². The first-order chi connectivity index (χ1) is 17.7. The van der Waals surface area contributed by atoms with Crippen LogP contribution in [0, 0.1) is 6.92 Å². The number of nitrogens with one attached hydrogen (secondary N) is 2. The van der Waals surface area contributed by atoms with Crippen molar-refractivity contribution in [3.8, 4) is 11.6 Å². The van der Waals surface area contributed by atoms with Gasteiger partial charge in [-0.15, -0.1) is 5.10 Å². The van der Waals surface area contributed by atoms with Gasteiger partial charge >= 0.3 is 0 Å². The van der Waals surface area contributed by atoms with E-state index in [2.05, 4.69) is 29.4 Å². The van der Waals surface area contributed by atoms with E-state index in [1.807, 2.05) is 25.1 Å². The van der Waals surface area contributed by atoms with E-state index in [0.717, 1.165) is 41.1 Å². The zero-order valence-electron chi connectivity index (χ0n) is 21.8. The molecule has 1 aliphatic heterocycles. The van der Waals surface area contributed by atoms with Crippen LogP contribution in [0.4, 0.5) is 0 Å². The smallest absolute Gasteiger partial charge is 0.238 e. The van der Waals surface area contributed by atoms with E-state index in [-0.39, 0.29) is 18.2 Å². The van der Waals surface area contributed by atoms with Gasteiger partial charge in [-0.1, -0.05) is 19.9 Å². The Morgan fingerprint density at radius 1 is 1.32 bits per heavy atom. The number of nitrogens with zero attached hydrogens (tertiary/aromatic N) is 1. The van der Waals surface area contributed by atoms with Gasteiger partial charge in [0, 0.05) is 37.1 Å². The molecule has 206 valence electrons. The lowest BCUT2D eigenvalue weighted by molar-refractivity contribution is -0.230. The van der Waals surface area contributed by atoms with Gasteiger partial charge in [0.1, 0.15) is 18.0 Å². The molecule has 1 aromatic heterocycles. The number of rotatable bonds is 14. The zero-order chi connectivity index (χ0) is 26.9. The Labute approximate surface area is 217 Å². The number of aromatic nitrogens is 2. The standard InChI is InChI=1S/C26H40N4O7/c1-15(2)24-19(26(30-29-24)37-23-13-20(32)25(34)21(14-31)36-23)12-17-5-6-18(11-16(17)3)35-10-4-8-28-9-7-22(27)33/h5-6,11,15,20-21,23,25,28,31-32,34H,4,7-10,12-14H2,1-3H3,(H2,27,33)(H,29,30)/t20-,21-,23+,25+/m1/s1. The SMILES string of the molecule is Cc1cc(OCCCNCCC(N)=O)ccc1Cc1c(O[C@H]2C[C@@H](O)[C@H](O)[C@@H](CO)O2)n[nH]c1C(C)C. The maximum atomic E-state index is 10.8. The van der Waals surface area contributed by atoms with Gasteiger partial charge in [-0.3, -0.25) is 9.89 Å². The molecule has 0 spiro atoms. The molecule has 3 rings (SSSR count). The molecule has 37 heavy (non-hydrogen) atoms. The number of carbonyl (C=O) groups is 1. The minimum Gasteiger partial charge on any atom is -0.494 e. The number of primary amides is 1. The number of aliphatic hydroxyl groups is 3. The summed E-state index contributed by atoms with van der Waals surface area (Å²) >= 11 is 0. The lowest BCUT2D eigenvalue weighted by atomic mass is 9.97.